The molecule has 2 aliphatic heterocycles. The van der Waals surface area contributed by atoms with Gasteiger partial charge in [-0.05, 0) is 48.7 Å². The van der Waals surface area contributed by atoms with Crippen molar-refractivity contribution in [1.82, 2.24) is 10.4 Å². The van der Waals surface area contributed by atoms with E-state index >= 15 is 0 Å². The molecule has 2 aromatic carbocycles. The number of carbonyl (C=O) groups excluding carboxylic acids is 1. The summed E-state index contributed by atoms with van der Waals surface area (Å²) in [5.74, 6) is -0.274. The van der Waals surface area contributed by atoms with Gasteiger partial charge in [0.15, 0.2) is 0 Å². The number of carbonyl (C=O) groups is 1. The van der Waals surface area contributed by atoms with Gasteiger partial charge >= 0.3 is 0 Å². The number of halogens is 4. The molecule has 32 heavy (non-hydrogen) atoms. The summed E-state index contributed by atoms with van der Waals surface area (Å²) in [6.45, 7) is 3.78. The maximum absolute atomic E-state index is 13.2. The molecule has 1 saturated heterocycles. The molecule has 0 unspecified atom stereocenters. The Morgan fingerprint density at radius 3 is 2.34 bits per heavy atom. The van der Waals surface area contributed by atoms with Crippen molar-refractivity contribution < 1.29 is 4.79 Å². The van der Waals surface area contributed by atoms with E-state index in [1.807, 2.05) is 47.3 Å². The van der Waals surface area contributed by atoms with Crippen molar-refractivity contribution in [3.8, 4) is 0 Å². The largest absolute Gasteiger partial charge is 0.284 e. The molecule has 0 aliphatic carbocycles. The topological polar surface area (TPSA) is 47.9 Å². The van der Waals surface area contributed by atoms with Crippen LogP contribution in [-0.2, 0) is 4.79 Å². The van der Waals surface area contributed by atoms with Crippen LogP contribution in [0.25, 0.3) is 0 Å². The van der Waals surface area contributed by atoms with Crippen LogP contribution in [0.15, 0.2) is 52.0 Å². The van der Waals surface area contributed by atoms with Crippen LogP contribution in [-0.4, -0.2) is 29.7 Å². The zero-order chi connectivity index (χ0) is 22.0. The molecule has 0 saturated carbocycles. The van der Waals surface area contributed by atoms with E-state index in [0.29, 0.717) is 15.8 Å². The van der Waals surface area contributed by atoms with Crippen molar-refractivity contribution in [3.63, 3.8) is 0 Å². The smallest absolute Gasteiger partial charge is 0.282 e. The van der Waals surface area contributed by atoms with Crippen molar-refractivity contribution in [2.24, 2.45) is 11.0 Å². The molecule has 2 aliphatic rings. The number of anilines is 1. The first-order chi connectivity index (χ1) is 14.9. The minimum Gasteiger partial charge on any atom is -0.284 e. The van der Waals surface area contributed by atoms with Gasteiger partial charge in [-0.1, -0.05) is 71.0 Å². The standard InChI is InChI=1S/C23H25BrCl2N4O.ClH/c1-15-21(23(31)28-29-12-4-2-3-5-13-29)27-30(20-11-10-18(25)14-19(20)26)22(15)16-6-8-17(24)9-7-16;/h6-11,14-15,22H,2-5,12-13H2,1H3,(H,28,31);1H/t15-,22-;/m1./s1. The van der Waals surface area contributed by atoms with Crippen molar-refractivity contribution >= 4 is 68.8 Å². The van der Waals surface area contributed by atoms with Gasteiger partial charge < -0.3 is 0 Å². The van der Waals surface area contributed by atoms with Gasteiger partial charge in [-0.15, -0.1) is 12.4 Å². The number of nitrogens with one attached hydrogen (secondary N) is 1. The molecule has 2 aromatic rings. The zero-order valence-electron chi connectivity index (χ0n) is 17.7. The number of benzene rings is 2. The molecule has 2 atom stereocenters. The van der Waals surface area contributed by atoms with Gasteiger partial charge in [0.1, 0.15) is 5.71 Å². The summed E-state index contributed by atoms with van der Waals surface area (Å²) in [5.41, 5.74) is 5.37. The molecule has 0 spiro atoms. The summed E-state index contributed by atoms with van der Waals surface area (Å²) in [7, 11) is 0. The Bertz CT molecular complexity index is 978. The van der Waals surface area contributed by atoms with Crippen LogP contribution >= 0.6 is 51.5 Å². The second-order valence-electron chi connectivity index (χ2n) is 8.05. The lowest BCUT2D eigenvalue weighted by atomic mass is 9.91. The lowest BCUT2D eigenvalue weighted by Gasteiger charge is -2.28. The van der Waals surface area contributed by atoms with Gasteiger partial charge in [0.2, 0.25) is 0 Å². The van der Waals surface area contributed by atoms with E-state index in [0.717, 1.165) is 41.7 Å². The van der Waals surface area contributed by atoms with E-state index < -0.39 is 0 Å². The highest BCUT2D eigenvalue weighted by atomic mass is 79.9. The first-order valence-corrected chi connectivity index (χ1v) is 12.1. The average molecular weight is 561 g/mol. The van der Waals surface area contributed by atoms with Crippen molar-refractivity contribution in [2.75, 3.05) is 18.1 Å². The molecule has 0 bridgehead atoms. The molecular formula is C23H26BrCl3N4O. The Morgan fingerprint density at radius 1 is 1.06 bits per heavy atom. The van der Waals surface area contributed by atoms with Crippen LogP contribution in [0.3, 0.4) is 0 Å². The molecule has 5 nitrogen and oxygen atoms in total. The number of nitrogens with zero attached hydrogens (tertiary/aromatic N) is 3. The van der Waals surface area contributed by atoms with E-state index in [4.69, 9.17) is 28.3 Å². The second-order valence-corrected chi connectivity index (χ2v) is 9.81. The number of hydrogen-bond acceptors (Lipinski definition) is 4. The number of rotatable bonds is 4. The highest BCUT2D eigenvalue weighted by molar-refractivity contribution is 9.10. The van der Waals surface area contributed by atoms with Gasteiger partial charge in [-0.25, -0.2) is 5.01 Å². The van der Waals surface area contributed by atoms with Crippen molar-refractivity contribution in [1.29, 1.82) is 0 Å². The molecule has 1 amide bonds. The minimum atomic E-state index is -0.156. The third kappa shape index (κ3) is 5.60. The van der Waals surface area contributed by atoms with E-state index in [9.17, 15) is 4.79 Å². The summed E-state index contributed by atoms with van der Waals surface area (Å²) in [5, 5.41) is 9.71. The number of hydrazine groups is 1. The third-order valence-electron chi connectivity index (χ3n) is 5.85. The van der Waals surface area contributed by atoms with Crippen LogP contribution in [0.1, 0.15) is 44.2 Å². The van der Waals surface area contributed by atoms with Crippen molar-refractivity contribution in [3.05, 3.63) is 62.5 Å². The first-order valence-electron chi connectivity index (χ1n) is 10.6. The molecule has 0 aromatic heterocycles. The zero-order valence-corrected chi connectivity index (χ0v) is 21.6. The Kier molecular flexibility index (Phi) is 8.87. The predicted molar refractivity (Wildman–Crippen MR) is 138 cm³/mol. The van der Waals surface area contributed by atoms with Crippen LogP contribution in [0.5, 0.6) is 0 Å². The number of hydrogen-bond donors (Lipinski definition) is 1. The van der Waals surface area contributed by atoms with Gasteiger partial charge in [0.25, 0.3) is 5.91 Å². The summed E-state index contributed by atoms with van der Waals surface area (Å²) in [6, 6.07) is 13.3. The highest BCUT2D eigenvalue weighted by Gasteiger charge is 2.40. The van der Waals surface area contributed by atoms with E-state index in [1.54, 1.807) is 12.1 Å². The lowest BCUT2D eigenvalue weighted by Crippen LogP contribution is -2.46. The molecule has 2 heterocycles. The molecule has 172 valence electrons. The van der Waals surface area contributed by atoms with Gasteiger partial charge in [-0.3, -0.25) is 15.2 Å². The first kappa shape index (κ1) is 25.3. The maximum Gasteiger partial charge on any atom is 0.282 e. The van der Waals surface area contributed by atoms with Gasteiger partial charge in [-0.2, -0.15) is 5.10 Å². The summed E-state index contributed by atoms with van der Waals surface area (Å²) >= 11 is 16.1. The average Bonchev–Trinajstić information content (AvgIpc) is 2.89. The SMILES string of the molecule is C[C@@H]1C(C(=O)NN2CCCCCC2)=NN(c2ccc(Cl)cc2Cl)[C@H]1c1ccc(Br)cc1.Cl. The minimum absolute atomic E-state index is 0. The molecule has 4 rings (SSSR count). The van der Waals surface area contributed by atoms with E-state index in [-0.39, 0.29) is 30.3 Å². The molecule has 1 fully saturated rings. The van der Waals surface area contributed by atoms with Crippen LogP contribution in [0, 0.1) is 5.92 Å². The van der Waals surface area contributed by atoms with Crippen LogP contribution in [0.4, 0.5) is 5.69 Å². The Balaban J connectivity index is 0.00000289. The van der Waals surface area contributed by atoms with Gasteiger partial charge in [0, 0.05) is 28.5 Å². The number of amides is 1. The molecule has 0 radical (unpaired) electrons. The summed E-state index contributed by atoms with van der Waals surface area (Å²) in [6.07, 6.45) is 4.60. The Hall–Kier alpha value is -1.31. The highest BCUT2D eigenvalue weighted by Crippen LogP contribution is 2.42. The summed E-state index contributed by atoms with van der Waals surface area (Å²) in [4.78, 5) is 13.2. The fraction of sp³-hybridized carbons (Fsp3) is 0.391. The van der Waals surface area contributed by atoms with Gasteiger partial charge in [0.05, 0.1) is 16.8 Å². The fourth-order valence-corrected chi connectivity index (χ4v) is 4.99. The van der Waals surface area contributed by atoms with E-state index in [2.05, 4.69) is 21.4 Å². The summed E-state index contributed by atoms with van der Waals surface area (Å²) < 4.78 is 0.998. The molecular weight excluding hydrogens is 535 g/mol. The van der Waals surface area contributed by atoms with E-state index in [1.165, 1.54) is 12.8 Å². The quantitative estimate of drug-likeness (QED) is 0.456. The monoisotopic (exact) mass is 558 g/mol. The van der Waals surface area contributed by atoms with Crippen LogP contribution in [0.2, 0.25) is 10.0 Å². The van der Waals surface area contributed by atoms with Crippen LogP contribution < -0.4 is 10.4 Å². The lowest BCUT2D eigenvalue weighted by molar-refractivity contribution is -0.119. The molecule has 1 N–H and O–H groups in total. The second kappa shape index (κ2) is 11.2. The number of hydrazone groups is 1. The molecule has 9 heteroatoms. The maximum atomic E-state index is 13.2. The predicted octanol–water partition coefficient (Wildman–Crippen LogP) is 6.64. The fourth-order valence-electron chi connectivity index (χ4n) is 4.23. The normalized spacial score (nSPS) is 21.5. The Labute approximate surface area is 213 Å². The third-order valence-corrected chi connectivity index (χ3v) is 6.92. The Morgan fingerprint density at radius 2 is 1.72 bits per heavy atom. The van der Waals surface area contributed by atoms with Crippen molar-refractivity contribution in [2.45, 2.75) is 38.6 Å².